The number of nitrogens with zero attached hydrogens (tertiary/aromatic N) is 5. The number of fused-ring (bicyclic) bond motifs is 11. The van der Waals surface area contributed by atoms with Gasteiger partial charge in [-0.3, -0.25) is 4.57 Å². The van der Waals surface area contributed by atoms with Crippen LogP contribution >= 0.6 is 0 Å². The number of ether oxygens (including phenoxy) is 1. The van der Waals surface area contributed by atoms with E-state index in [0.717, 1.165) is 88.8 Å². The van der Waals surface area contributed by atoms with Gasteiger partial charge in [0.25, 0.3) is 0 Å². The number of pyridine rings is 2. The fourth-order valence-electron chi connectivity index (χ4n) is 13.5. The summed E-state index contributed by atoms with van der Waals surface area (Å²) in [4.78, 5) is 15.3. The predicted octanol–water partition coefficient (Wildman–Crippen LogP) is 15.0. The van der Waals surface area contributed by atoms with Crippen molar-refractivity contribution < 1.29 is 30.2 Å². The molecule has 2 aliphatic rings. The maximum Gasteiger partial charge on any atom is 2.00 e. The van der Waals surface area contributed by atoms with Gasteiger partial charge in [-0.15, -0.1) is 18.2 Å². The standard InChI is InChI=1S/C58H55N5O2.Pt/c1-33-23-50(60-30-34(33)2)63-48-26-37(20-21-47(48)62-46-18-14-13-17-44(46)61-54(62)63)64-38-24-40(52-41(25-38)51-39-16-12-11-15-35(39)19-22-49(51)65-52)45-27-42-43(31-59-45)58(9,10)53(57(42,7)8)36-28-55(3,4)32-56(5,6)29-36;/h11-23,25,27,30-31,36,53H,28-29,32H2,1-10H3;/q-2;+2. The summed E-state index contributed by atoms with van der Waals surface area (Å²) >= 11 is 0. The van der Waals surface area contributed by atoms with Gasteiger partial charge in [-0.05, 0) is 141 Å². The Labute approximate surface area is 400 Å². The summed E-state index contributed by atoms with van der Waals surface area (Å²) in [6.45, 7) is 24.0. The normalized spacial score (nSPS) is 18.7. The first-order valence-corrected chi connectivity index (χ1v) is 23.2. The minimum Gasteiger partial charge on any atom is -0.503 e. The molecule has 66 heavy (non-hydrogen) atoms. The summed E-state index contributed by atoms with van der Waals surface area (Å²) in [7, 11) is 0. The molecule has 0 bridgehead atoms. The van der Waals surface area contributed by atoms with Crippen molar-refractivity contribution in [2.45, 2.75) is 99.3 Å². The first-order chi connectivity index (χ1) is 31.0. The third kappa shape index (κ3) is 6.43. The second-order valence-corrected chi connectivity index (χ2v) is 22.1. The minimum absolute atomic E-state index is 0. The van der Waals surface area contributed by atoms with E-state index in [9.17, 15) is 0 Å². The summed E-state index contributed by atoms with van der Waals surface area (Å²) in [6.07, 6.45) is 7.82. The Morgan fingerprint density at radius 3 is 2.23 bits per heavy atom. The topological polar surface area (TPSA) is 70.4 Å². The molecule has 1 atom stereocenters. The molecule has 7 nitrogen and oxygen atoms in total. The molecule has 12 rings (SSSR count). The molecule has 8 heteroatoms. The van der Waals surface area contributed by atoms with E-state index in [1.807, 2.05) is 24.4 Å². The number of furan rings is 1. The van der Waals surface area contributed by atoms with E-state index >= 15 is 0 Å². The zero-order chi connectivity index (χ0) is 44.9. The van der Waals surface area contributed by atoms with E-state index in [2.05, 4.69) is 169 Å². The van der Waals surface area contributed by atoms with Crippen LogP contribution in [0, 0.1) is 48.6 Å². The van der Waals surface area contributed by atoms with Crippen LogP contribution < -0.4 is 4.74 Å². The fourth-order valence-corrected chi connectivity index (χ4v) is 13.5. The number of hydrogen-bond donors (Lipinski definition) is 0. The predicted molar refractivity (Wildman–Crippen MR) is 263 cm³/mol. The molecule has 0 aliphatic heterocycles. The van der Waals surface area contributed by atoms with Gasteiger partial charge in [0.1, 0.15) is 11.4 Å². The average molecular weight is 1050 g/mol. The van der Waals surface area contributed by atoms with E-state index in [1.165, 1.54) is 30.4 Å². The van der Waals surface area contributed by atoms with Crippen LogP contribution in [0.2, 0.25) is 0 Å². The quantitative estimate of drug-likeness (QED) is 0.161. The Balaban J connectivity index is 0.00000481. The van der Waals surface area contributed by atoms with E-state index in [-0.39, 0.29) is 31.9 Å². The minimum atomic E-state index is -0.0861. The molecule has 2 aliphatic carbocycles. The van der Waals surface area contributed by atoms with Crippen molar-refractivity contribution in [1.29, 1.82) is 0 Å². The molecule has 1 saturated carbocycles. The summed E-state index contributed by atoms with van der Waals surface area (Å²) in [5, 5.41) is 4.28. The number of aryl methyl sites for hydroxylation is 2. The van der Waals surface area contributed by atoms with Gasteiger partial charge in [0.2, 0.25) is 5.78 Å². The molecular weight excluding hydrogens is 994 g/mol. The zero-order valence-corrected chi connectivity index (χ0v) is 41.7. The summed E-state index contributed by atoms with van der Waals surface area (Å²) in [5.74, 6) is 3.71. The van der Waals surface area contributed by atoms with Crippen molar-refractivity contribution in [2.24, 2.45) is 22.7 Å². The monoisotopic (exact) mass is 1050 g/mol. The van der Waals surface area contributed by atoms with Crippen molar-refractivity contribution in [2.75, 3.05) is 0 Å². The third-order valence-electron chi connectivity index (χ3n) is 15.4. The van der Waals surface area contributed by atoms with Gasteiger partial charge in [-0.25, -0.2) is 9.97 Å². The van der Waals surface area contributed by atoms with E-state index in [4.69, 9.17) is 24.1 Å². The number of hydrogen-bond acceptors (Lipinski definition) is 5. The molecular formula is C58H55N5O2Pt. The Morgan fingerprint density at radius 2 is 1.44 bits per heavy atom. The number of aromatic nitrogens is 5. The maximum atomic E-state index is 6.94. The second-order valence-electron chi connectivity index (χ2n) is 22.1. The van der Waals surface area contributed by atoms with Crippen LogP contribution in [-0.4, -0.2) is 23.9 Å². The molecule has 0 radical (unpaired) electrons. The average Bonchev–Trinajstić information content (AvgIpc) is 3.95. The number of imidazole rings is 2. The van der Waals surface area contributed by atoms with Gasteiger partial charge in [-0.1, -0.05) is 127 Å². The molecule has 0 spiro atoms. The molecule has 1 fully saturated rings. The van der Waals surface area contributed by atoms with E-state index in [1.54, 1.807) is 0 Å². The summed E-state index contributed by atoms with van der Waals surface area (Å²) in [5.41, 5.74) is 12.4. The van der Waals surface area contributed by atoms with Crippen molar-refractivity contribution >= 4 is 60.6 Å². The summed E-state index contributed by atoms with van der Waals surface area (Å²) in [6, 6.07) is 38.9. The van der Waals surface area contributed by atoms with Gasteiger partial charge in [0.15, 0.2) is 0 Å². The molecule has 10 aromatic rings. The van der Waals surface area contributed by atoms with Crippen LogP contribution in [0.25, 0.3) is 77.6 Å². The van der Waals surface area contributed by atoms with E-state index < -0.39 is 0 Å². The van der Waals surface area contributed by atoms with Gasteiger partial charge < -0.3 is 18.5 Å². The molecule has 0 N–H and O–H groups in total. The fraction of sp³-hybridized carbons (Fsp3) is 0.328. The van der Waals surface area contributed by atoms with E-state index in [0.29, 0.717) is 34.2 Å². The number of rotatable bonds is 5. The molecule has 5 aromatic carbocycles. The summed E-state index contributed by atoms with van der Waals surface area (Å²) < 4.78 is 18.1. The van der Waals surface area contributed by atoms with Crippen molar-refractivity contribution in [3.8, 4) is 28.6 Å². The third-order valence-corrected chi connectivity index (χ3v) is 15.4. The Morgan fingerprint density at radius 1 is 0.697 bits per heavy atom. The van der Waals surface area contributed by atoms with Crippen LogP contribution in [0.15, 0.2) is 108 Å². The van der Waals surface area contributed by atoms with Gasteiger partial charge >= 0.3 is 21.1 Å². The first-order valence-electron chi connectivity index (χ1n) is 23.2. The van der Waals surface area contributed by atoms with Crippen LogP contribution in [0.1, 0.15) is 96.9 Å². The SMILES string of the molecule is Cc1cnc(-n2c3[c-]c(Oc4[c-]c(-c5cc6c(cn5)C(C)(C)C(C5CC(C)(C)CC(C)(C)C5)C6(C)C)c5oc6ccc7ccccc7c6c5c4)ccc3n3c4ccccc4nc23)cc1C.[Pt+2]. The van der Waals surface area contributed by atoms with Gasteiger partial charge in [0, 0.05) is 29.3 Å². The molecule has 0 amide bonds. The van der Waals surface area contributed by atoms with Crippen molar-refractivity contribution in [3.63, 3.8) is 0 Å². The maximum absolute atomic E-state index is 6.94. The Bertz CT molecular complexity index is 3610. The van der Waals surface area contributed by atoms with Gasteiger partial charge in [0.05, 0.1) is 16.6 Å². The van der Waals surface area contributed by atoms with Crippen LogP contribution in [0.4, 0.5) is 0 Å². The van der Waals surface area contributed by atoms with Gasteiger partial charge in [-0.2, -0.15) is 0 Å². The van der Waals surface area contributed by atoms with Crippen LogP contribution in [0.3, 0.4) is 0 Å². The smallest absolute Gasteiger partial charge is 0.503 e. The molecule has 334 valence electrons. The second kappa shape index (κ2) is 14.6. The molecule has 5 aromatic heterocycles. The molecule has 0 saturated heterocycles. The van der Waals surface area contributed by atoms with Crippen molar-refractivity contribution in [3.05, 3.63) is 138 Å². The largest absolute Gasteiger partial charge is 2.00 e. The Hall–Kier alpha value is -5.78. The first kappa shape index (κ1) is 42.8. The molecule has 5 heterocycles. The number of para-hydroxylation sites is 2. The number of benzene rings is 5. The van der Waals surface area contributed by atoms with Crippen LogP contribution in [-0.2, 0) is 31.9 Å². The molecule has 1 unspecified atom stereocenters. The van der Waals surface area contributed by atoms with Crippen LogP contribution in [0.5, 0.6) is 11.5 Å². The zero-order valence-electron chi connectivity index (χ0n) is 39.5. The van der Waals surface area contributed by atoms with Crippen molar-refractivity contribution in [1.82, 2.24) is 23.9 Å². The Kier molecular flexibility index (Phi) is 9.48.